The number of benzene rings is 1. The summed E-state index contributed by atoms with van der Waals surface area (Å²) in [6, 6.07) is 11.1. The molecular formula is C19H23N3O2. The molecule has 0 spiro atoms. The Kier molecular flexibility index (Phi) is 3.81. The molecule has 1 aromatic carbocycles. The van der Waals surface area contributed by atoms with Crippen molar-refractivity contribution in [2.45, 2.75) is 25.4 Å². The Hall–Kier alpha value is -2.27. The minimum absolute atomic E-state index is 0.0885. The summed E-state index contributed by atoms with van der Waals surface area (Å²) in [6.45, 7) is 3.51. The highest BCUT2D eigenvalue weighted by Crippen LogP contribution is 2.34. The van der Waals surface area contributed by atoms with Gasteiger partial charge in [-0.1, -0.05) is 12.1 Å². The maximum atomic E-state index is 12.8. The molecule has 1 saturated heterocycles. The first kappa shape index (κ1) is 15.3. The summed E-state index contributed by atoms with van der Waals surface area (Å²) in [5.41, 5.74) is 2.96. The molecule has 0 radical (unpaired) electrons. The molecular weight excluding hydrogens is 302 g/mol. The molecule has 2 N–H and O–H groups in total. The number of aromatic nitrogens is 1. The van der Waals surface area contributed by atoms with Crippen molar-refractivity contribution in [2.24, 2.45) is 5.92 Å². The predicted molar refractivity (Wildman–Crippen MR) is 94.5 cm³/mol. The quantitative estimate of drug-likeness (QED) is 0.908. The highest BCUT2D eigenvalue weighted by molar-refractivity contribution is 5.43. The van der Waals surface area contributed by atoms with Gasteiger partial charge in [0.05, 0.1) is 0 Å². The van der Waals surface area contributed by atoms with Gasteiger partial charge < -0.3 is 19.9 Å². The smallest absolute Gasteiger partial charge is 0.274 e. The molecule has 0 saturated carbocycles. The molecule has 2 bridgehead atoms. The van der Waals surface area contributed by atoms with E-state index in [0.29, 0.717) is 24.1 Å². The molecule has 126 valence electrons. The lowest BCUT2D eigenvalue weighted by atomic mass is 9.83. The Balaban J connectivity index is 1.57. The number of anilines is 1. The number of nitrogens with zero attached hydrogens (tertiary/aromatic N) is 2. The highest BCUT2D eigenvalue weighted by Gasteiger charge is 2.33. The third kappa shape index (κ3) is 2.80. The molecule has 5 nitrogen and oxygen atoms in total. The third-order valence-electron chi connectivity index (χ3n) is 5.21. The summed E-state index contributed by atoms with van der Waals surface area (Å²) >= 11 is 0. The third-order valence-corrected chi connectivity index (χ3v) is 5.21. The fourth-order valence-electron chi connectivity index (χ4n) is 4.13. The second-order valence-electron chi connectivity index (χ2n) is 7.13. The van der Waals surface area contributed by atoms with Gasteiger partial charge in [-0.05, 0) is 49.2 Å². The van der Waals surface area contributed by atoms with E-state index < -0.39 is 0 Å². The molecule has 24 heavy (non-hydrogen) atoms. The number of pyridine rings is 1. The molecule has 2 aliphatic rings. The number of piperidine rings is 1. The second-order valence-corrected chi connectivity index (χ2v) is 7.13. The standard InChI is InChI=1S/C19H23N3O2/c1-21-10-14-8-15(12-21)18-7-6-17(19(24)22(18)11-14)20-9-13-2-4-16(23)5-3-13/h2-7,14-15,20,23H,8-12H2,1H3/t14-,15+/m1/s1. The molecule has 1 fully saturated rings. The number of phenols is 1. The molecule has 0 amide bonds. The second kappa shape index (κ2) is 5.98. The first-order chi connectivity index (χ1) is 11.6. The number of aromatic hydroxyl groups is 1. The van der Waals surface area contributed by atoms with E-state index in [4.69, 9.17) is 0 Å². The van der Waals surface area contributed by atoms with Gasteiger partial charge in [0, 0.05) is 37.8 Å². The first-order valence-corrected chi connectivity index (χ1v) is 8.54. The number of hydrogen-bond donors (Lipinski definition) is 2. The van der Waals surface area contributed by atoms with Crippen molar-refractivity contribution in [2.75, 3.05) is 25.5 Å². The Bertz CT molecular complexity index is 797. The van der Waals surface area contributed by atoms with E-state index in [2.05, 4.69) is 23.3 Å². The van der Waals surface area contributed by atoms with Crippen molar-refractivity contribution in [1.29, 1.82) is 0 Å². The zero-order chi connectivity index (χ0) is 16.7. The number of likely N-dealkylation sites (tertiary alicyclic amines) is 1. The average molecular weight is 325 g/mol. The minimum atomic E-state index is 0.0885. The number of hydrogen-bond acceptors (Lipinski definition) is 4. The molecule has 4 rings (SSSR count). The predicted octanol–water partition coefficient (Wildman–Crippen LogP) is 2.21. The van der Waals surface area contributed by atoms with E-state index in [9.17, 15) is 9.90 Å². The maximum absolute atomic E-state index is 12.8. The van der Waals surface area contributed by atoms with E-state index in [1.807, 2.05) is 22.8 Å². The van der Waals surface area contributed by atoms with Crippen LogP contribution in [0, 0.1) is 5.92 Å². The maximum Gasteiger partial charge on any atom is 0.274 e. The van der Waals surface area contributed by atoms with Crippen molar-refractivity contribution in [3.05, 3.63) is 58.0 Å². The Morgan fingerprint density at radius 2 is 1.92 bits per heavy atom. The molecule has 2 atom stereocenters. The fourth-order valence-corrected chi connectivity index (χ4v) is 4.13. The Morgan fingerprint density at radius 3 is 2.71 bits per heavy atom. The van der Waals surface area contributed by atoms with Crippen molar-refractivity contribution >= 4 is 5.69 Å². The SMILES string of the molecule is CN1C[C@H]2C[C@@H](C1)c1ccc(NCc3ccc(O)cc3)c(=O)n1C2. The van der Waals surface area contributed by atoms with E-state index in [1.165, 1.54) is 12.1 Å². The van der Waals surface area contributed by atoms with Crippen LogP contribution < -0.4 is 10.9 Å². The van der Waals surface area contributed by atoms with Crippen LogP contribution in [0.1, 0.15) is 23.6 Å². The van der Waals surface area contributed by atoms with E-state index in [1.54, 1.807) is 12.1 Å². The molecule has 0 aliphatic carbocycles. The molecule has 5 heteroatoms. The van der Waals surface area contributed by atoms with E-state index >= 15 is 0 Å². The van der Waals surface area contributed by atoms with Gasteiger partial charge in [-0.15, -0.1) is 0 Å². The van der Waals surface area contributed by atoms with Crippen molar-refractivity contribution < 1.29 is 5.11 Å². The fraction of sp³-hybridized carbons (Fsp3) is 0.421. The highest BCUT2D eigenvalue weighted by atomic mass is 16.3. The van der Waals surface area contributed by atoms with Crippen LogP contribution in [0.4, 0.5) is 5.69 Å². The Morgan fingerprint density at radius 1 is 1.12 bits per heavy atom. The zero-order valence-electron chi connectivity index (χ0n) is 13.9. The van der Waals surface area contributed by atoms with Crippen LogP contribution in [0.15, 0.2) is 41.2 Å². The molecule has 2 aromatic rings. The molecule has 0 unspecified atom stereocenters. The summed E-state index contributed by atoms with van der Waals surface area (Å²) in [5.74, 6) is 1.30. The zero-order valence-corrected chi connectivity index (χ0v) is 13.9. The Labute approximate surface area is 141 Å². The van der Waals surface area contributed by atoms with Crippen molar-refractivity contribution in [3.63, 3.8) is 0 Å². The first-order valence-electron chi connectivity index (χ1n) is 8.54. The molecule has 3 heterocycles. The summed E-state index contributed by atoms with van der Waals surface area (Å²) in [4.78, 5) is 15.2. The lowest BCUT2D eigenvalue weighted by Gasteiger charge is -2.41. The molecule has 1 aromatic heterocycles. The van der Waals surface area contributed by atoms with Crippen molar-refractivity contribution in [3.8, 4) is 5.75 Å². The lowest BCUT2D eigenvalue weighted by molar-refractivity contribution is 0.145. The lowest BCUT2D eigenvalue weighted by Crippen LogP contribution is -2.45. The topological polar surface area (TPSA) is 57.5 Å². The van der Waals surface area contributed by atoms with Gasteiger partial charge in [0.2, 0.25) is 0 Å². The van der Waals surface area contributed by atoms with Gasteiger partial charge >= 0.3 is 0 Å². The summed E-state index contributed by atoms with van der Waals surface area (Å²) in [6.07, 6.45) is 1.20. The monoisotopic (exact) mass is 325 g/mol. The number of likely N-dealkylation sites (N-methyl/N-ethyl adjacent to an activating group) is 1. The van der Waals surface area contributed by atoms with Gasteiger partial charge in [0.15, 0.2) is 0 Å². The largest absolute Gasteiger partial charge is 0.508 e. The van der Waals surface area contributed by atoms with E-state index in [-0.39, 0.29) is 11.3 Å². The van der Waals surface area contributed by atoms with Gasteiger partial charge in [-0.25, -0.2) is 0 Å². The van der Waals surface area contributed by atoms with Gasteiger partial charge in [0.1, 0.15) is 11.4 Å². The van der Waals surface area contributed by atoms with Crippen molar-refractivity contribution in [1.82, 2.24) is 9.47 Å². The van der Waals surface area contributed by atoms with Gasteiger partial charge in [-0.2, -0.15) is 0 Å². The van der Waals surface area contributed by atoms with Crippen LogP contribution in [0.25, 0.3) is 0 Å². The van der Waals surface area contributed by atoms with Crippen LogP contribution in [0.2, 0.25) is 0 Å². The number of phenolic OH excluding ortho intramolecular Hbond substituents is 1. The van der Waals surface area contributed by atoms with E-state index in [0.717, 1.165) is 25.2 Å². The number of fused-ring (bicyclic) bond motifs is 4. The summed E-state index contributed by atoms with van der Waals surface area (Å²) in [5, 5.41) is 12.6. The minimum Gasteiger partial charge on any atom is -0.508 e. The number of nitrogens with one attached hydrogen (secondary N) is 1. The summed E-state index contributed by atoms with van der Waals surface area (Å²) < 4.78 is 1.98. The van der Waals surface area contributed by atoms with Crippen LogP contribution in [-0.2, 0) is 13.1 Å². The number of rotatable bonds is 3. The van der Waals surface area contributed by atoms with Gasteiger partial charge in [0.25, 0.3) is 5.56 Å². The van der Waals surface area contributed by atoms with Crippen LogP contribution in [-0.4, -0.2) is 34.7 Å². The average Bonchev–Trinajstić information content (AvgIpc) is 2.56. The van der Waals surface area contributed by atoms with Crippen LogP contribution >= 0.6 is 0 Å². The van der Waals surface area contributed by atoms with Crippen LogP contribution in [0.3, 0.4) is 0 Å². The molecule has 2 aliphatic heterocycles. The summed E-state index contributed by atoms with van der Waals surface area (Å²) in [7, 11) is 2.17. The van der Waals surface area contributed by atoms with Crippen LogP contribution in [0.5, 0.6) is 5.75 Å². The van der Waals surface area contributed by atoms with Gasteiger partial charge in [-0.3, -0.25) is 4.79 Å². The normalized spacial score (nSPS) is 22.9.